The topological polar surface area (TPSA) is 88.2 Å². The molecular weight excluding hydrogens is 258 g/mol. The molecule has 0 aliphatic carbocycles. The van der Waals surface area contributed by atoms with Gasteiger partial charge in [-0.3, -0.25) is 4.79 Å². The molecule has 20 heavy (non-hydrogen) atoms. The molecule has 1 aromatic rings. The maximum absolute atomic E-state index is 11.9. The Morgan fingerprint density at radius 2 is 2.25 bits per heavy atom. The fraction of sp³-hybridized carbons (Fsp3) is 0.429. The molecule has 1 aromatic carbocycles. The maximum atomic E-state index is 11.9. The number of hydrogen-bond acceptors (Lipinski definition) is 4. The van der Waals surface area contributed by atoms with Crippen LogP contribution in [0.3, 0.4) is 0 Å². The smallest absolute Gasteiger partial charge is 0.226 e. The third kappa shape index (κ3) is 4.46. The van der Waals surface area contributed by atoms with E-state index in [1.807, 2.05) is 31.2 Å². The number of benzene rings is 1. The predicted octanol–water partition coefficient (Wildman–Crippen LogP) is 1.36. The van der Waals surface area contributed by atoms with Crippen molar-refractivity contribution in [1.29, 1.82) is 0 Å². The Morgan fingerprint density at radius 1 is 1.55 bits per heavy atom. The van der Waals surface area contributed by atoms with Gasteiger partial charge in [0.05, 0.1) is 19.1 Å². The molecule has 1 unspecified atom stereocenters. The molecule has 0 heterocycles. The van der Waals surface area contributed by atoms with Gasteiger partial charge in [-0.1, -0.05) is 17.3 Å². The SMILES string of the molecule is Cc1cccc(OCCC(=O)N(C)C(C)C(N)=NO)c1. The first-order valence-electron chi connectivity index (χ1n) is 6.38. The molecule has 0 spiro atoms. The molecule has 6 nitrogen and oxygen atoms in total. The zero-order valence-electron chi connectivity index (χ0n) is 12.0. The quantitative estimate of drug-likeness (QED) is 0.356. The zero-order chi connectivity index (χ0) is 15.1. The number of aryl methyl sites for hydroxylation is 1. The van der Waals surface area contributed by atoms with Crippen LogP contribution < -0.4 is 10.5 Å². The van der Waals surface area contributed by atoms with Crippen LogP contribution in [-0.4, -0.2) is 41.5 Å². The van der Waals surface area contributed by atoms with E-state index in [4.69, 9.17) is 15.7 Å². The Kier molecular flexibility index (Phi) is 5.83. The number of carbonyl (C=O) groups excluding carboxylic acids is 1. The van der Waals surface area contributed by atoms with Crippen LogP contribution in [0.15, 0.2) is 29.4 Å². The van der Waals surface area contributed by atoms with Crippen LogP contribution in [0.1, 0.15) is 18.9 Å². The molecule has 0 fully saturated rings. The second-order valence-corrected chi connectivity index (χ2v) is 4.62. The Bertz CT molecular complexity index is 488. The van der Waals surface area contributed by atoms with E-state index in [-0.39, 0.29) is 24.8 Å². The number of ether oxygens (including phenoxy) is 1. The number of amidine groups is 1. The molecule has 0 saturated heterocycles. The summed E-state index contributed by atoms with van der Waals surface area (Å²) in [6.07, 6.45) is 0.230. The normalized spacial score (nSPS) is 12.8. The van der Waals surface area contributed by atoms with Crippen LogP contribution in [-0.2, 0) is 4.79 Å². The van der Waals surface area contributed by atoms with Gasteiger partial charge in [-0.15, -0.1) is 0 Å². The van der Waals surface area contributed by atoms with Crippen molar-refractivity contribution in [1.82, 2.24) is 4.90 Å². The molecule has 1 amide bonds. The van der Waals surface area contributed by atoms with Crippen LogP contribution in [0.2, 0.25) is 0 Å². The number of nitrogens with two attached hydrogens (primary N) is 1. The average molecular weight is 279 g/mol. The van der Waals surface area contributed by atoms with E-state index in [0.717, 1.165) is 11.3 Å². The molecule has 1 rings (SSSR count). The van der Waals surface area contributed by atoms with E-state index >= 15 is 0 Å². The van der Waals surface area contributed by atoms with Crippen LogP contribution in [0.5, 0.6) is 5.75 Å². The van der Waals surface area contributed by atoms with Crippen LogP contribution in [0, 0.1) is 6.92 Å². The van der Waals surface area contributed by atoms with Crippen molar-refractivity contribution >= 4 is 11.7 Å². The van der Waals surface area contributed by atoms with Gasteiger partial charge in [0.1, 0.15) is 5.75 Å². The molecule has 0 bridgehead atoms. The third-order valence-corrected chi connectivity index (χ3v) is 3.09. The van der Waals surface area contributed by atoms with Crippen molar-refractivity contribution in [3.05, 3.63) is 29.8 Å². The summed E-state index contributed by atoms with van der Waals surface area (Å²) in [5.41, 5.74) is 6.57. The van der Waals surface area contributed by atoms with Crippen molar-refractivity contribution in [3.63, 3.8) is 0 Å². The van der Waals surface area contributed by atoms with Gasteiger partial charge < -0.3 is 20.6 Å². The Labute approximate surface area is 118 Å². The van der Waals surface area contributed by atoms with Gasteiger partial charge in [-0.2, -0.15) is 0 Å². The Morgan fingerprint density at radius 3 is 2.85 bits per heavy atom. The number of oxime groups is 1. The van der Waals surface area contributed by atoms with Gasteiger partial charge in [0.2, 0.25) is 5.91 Å². The largest absolute Gasteiger partial charge is 0.493 e. The van der Waals surface area contributed by atoms with E-state index in [2.05, 4.69) is 5.16 Å². The fourth-order valence-electron chi connectivity index (χ4n) is 1.64. The van der Waals surface area contributed by atoms with Gasteiger partial charge in [0, 0.05) is 7.05 Å². The van der Waals surface area contributed by atoms with Crippen molar-refractivity contribution in [2.45, 2.75) is 26.3 Å². The molecule has 110 valence electrons. The Hall–Kier alpha value is -2.24. The van der Waals surface area contributed by atoms with Gasteiger partial charge in [0.25, 0.3) is 0 Å². The standard InChI is InChI=1S/C14H21N3O3/c1-10-5-4-6-12(9-10)20-8-7-13(18)17(3)11(2)14(15)16-19/h4-6,9,11,19H,7-8H2,1-3H3,(H2,15,16). The summed E-state index contributed by atoms with van der Waals surface area (Å²) < 4.78 is 5.52. The van der Waals surface area contributed by atoms with E-state index in [1.165, 1.54) is 4.90 Å². The summed E-state index contributed by atoms with van der Waals surface area (Å²) in [5.74, 6) is 0.613. The first kappa shape index (κ1) is 15.8. The summed E-state index contributed by atoms with van der Waals surface area (Å²) in [7, 11) is 1.61. The van der Waals surface area contributed by atoms with E-state index < -0.39 is 6.04 Å². The van der Waals surface area contributed by atoms with Gasteiger partial charge >= 0.3 is 0 Å². The number of likely N-dealkylation sites (N-methyl/N-ethyl adjacent to an activating group) is 1. The molecule has 0 aromatic heterocycles. The minimum atomic E-state index is -0.452. The van der Waals surface area contributed by atoms with Crippen molar-refractivity contribution < 1.29 is 14.7 Å². The first-order valence-corrected chi connectivity index (χ1v) is 6.38. The highest BCUT2D eigenvalue weighted by atomic mass is 16.5. The highest BCUT2D eigenvalue weighted by Gasteiger charge is 2.18. The minimum absolute atomic E-state index is 0.000419. The Balaban J connectivity index is 2.43. The van der Waals surface area contributed by atoms with Gasteiger partial charge in [0.15, 0.2) is 5.84 Å². The lowest BCUT2D eigenvalue weighted by molar-refractivity contribution is -0.131. The number of rotatable bonds is 6. The number of carbonyl (C=O) groups is 1. The van der Waals surface area contributed by atoms with E-state index in [0.29, 0.717) is 0 Å². The van der Waals surface area contributed by atoms with Crippen LogP contribution in [0.25, 0.3) is 0 Å². The lowest BCUT2D eigenvalue weighted by atomic mass is 10.2. The van der Waals surface area contributed by atoms with Gasteiger partial charge in [-0.25, -0.2) is 0 Å². The molecule has 6 heteroatoms. The molecule has 0 radical (unpaired) electrons. The number of amides is 1. The molecule has 3 N–H and O–H groups in total. The molecule has 0 aliphatic heterocycles. The second-order valence-electron chi connectivity index (χ2n) is 4.62. The number of nitrogens with zero attached hydrogens (tertiary/aromatic N) is 2. The highest BCUT2D eigenvalue weighted by molar-refractivity contribution is 5.89. The van der Waals surface area contributed by atoms with E-state index in [9.17, 15) is 4.79 Å². The molecule has 0 saturated carbocycles. The zero-order valence-corrected chi connectivity index (χ0v) is 12.0. The number of hydrogen-bond donors (Lipinski definition) is 2. The third-order valence-electron chi connectivity index (χ3n) is 3.09. The fourth-order valence-corrected chi connectivity index (χ4v) is 1.64. The maximum Gasteiger partial charge on any atom is 0.226 e. The summed E-state index contributed by atoms with van der Waals surface area (Å²) in [6, 6.07) is 7.18. The summed E-state index contributed by atoms with van der Waals surface area (Å²) in [6.45, 7) is 3.95. The first-order chi connectivity index (χ1) is 9.45. The predicted molar refractivity (Wildman–Crippen MR) is 76.9 cm³/mol. The minimum Gasteiger partial charge on any atom is -0.493 e. The van der Waals surface area contributed by atoms with E-state index in [1.54, 1.807) is 14.0 Å². The lowest BCUT2D eigenvalue weighted by Crippen LogP contribution is -2.44. The summed E-state index contributed by atoms with van der Waals surface area (Å²) in [5, 5.41) is 11.5. The monoisotopic (exact) mass is 279 g/mol. The van der Waals surface area contributed by atoms with Gasteiger partial charge in [-0.05, 0) is 31.5 Å². The lowest BCUT2D eigenvalue weighted by Gasteiger charge is -2.23. The molecular formula is C14H21N3O3. The second kappa shape index (κ2) is 7.37. The van der Waals surface area contributed by atoms with Crippen LogP contribution in [0.4, 0.5) is 0 Å². The summed E-state index contributed by atoms with van der Waals surface area (Å²) >= 11 is 0. The van der Waals surface area contributed by atoms with Crippen molar-refractivity contribution in [2.24, 2.45) is 10.9 Å². The average Bonchev–Trinajstić information content (AvgIpc) is 2.44. The molecule has 1 atom stereocenters. The highest BCUT2D eigenvalue weighted by Crippen LogP contribution is 2.12. The summed E-state index contributed by atoms with van der Waals surface area (Å²) in [4.78, 5) is 13.3. The van der Waals surface area contributed by atoms with Crippen molar-refractivity contribution in [3.8, 4) is 5.75 Å². The van der Waals surface area contributed by atoms with Crippen LogP contribution >= 0.6 is 0 Å². The molecule has 0 aliphatic rings. The van der Waals surface area contributed by atoms with Crippen molar-refractivity contribution in [2.75, 3.05) is 13.7 Å².